The lowest BCUT2D eigenvalue weighted by molar-refractivity contribution is -0.128. The van der Waals surface area contributed by atoms with Crippen molar-refractivity contribution in [2.45, 2.75) is 18.1 Å². The molecule has 9 heteroatoms. The first kappa shape index (κ1) is 21.5. The highest BCUT2D eigenvalue weighted by Gasteiger charge is 2.22. The van der Waals surface area contributed by atoms with Crippen LogP contribution in [0.25, 0.3) is 0 Å². The number of H-pyrrole nitrogens is 1. The molecule has 4 rings (SSSR count). The molecule has 3 aromatic rings. The van der Waals surface area contributed by atoms with Crippen LogP contribution in [0.5, 0.6) is 0 Å². The SMILES string of the molecule is O=C(CSc1n[nH]c(=O)n1CCc1ccccc1)N1CCN(c2cccc(Cl)c2)CC1. The van der Waals surface area contributed by atoms with E-state index in [9.17, 15) is 9.59 Å². The van der Waals surface area contributed by atoms with Crippen molar-refractivity contribution < 1.29 is 4.79 Å². The van der Waals surface area contributed by atoms with Crippen LogP contribution < -0.4 is 10.6 Å². The predicted octanol–water partition coefficient (Wildman–Crippen LogP) is 2.91. The first-order chi connectivity index (χ1) is 15.1. The number of thioether (sulfide) groups is 1. The van der Waals surface area contributed by atoms with Crippen molar-refractivity contribution in [3.63, 3.8) is 0 Å². The number of aromatic amines is 1. The van der Waals surface area contributed by atoms with Gasteiger partial charge in [0.05, 0.1) is 5.75 Å². The van der Waals surface area contributed by atoms with Gasteiger partial charge in [-0.25, -0.2) is 9.89 Å². The Morgan fingerprint density at radius 1 is 1.06 bits per heavy atom. The predicted molar refractivity (Wildman–Crippen MR) is 124 cm³/mol. The summed E-state index contributed by atoms with van der Waals surface area (Å²) in [6, 6.07) is 17.8. The second-order valence-electron chi connectivity index (χ2n) is 7.33. The first-order valence-electron chi connectivity index (χ1n) is 10.2. The van der Waals surface area contributed by atoms with Crippen molar-refractivity contribution in [2.75, 3.05) is 36.8 Å². The summed E-state index contributed by atoms with van der Waals surface area (Å²) < 4.78 is 1.60. The number of nitrogens with one attached hydrogen (secondary N) is 1. The standard InChI is InChI=1S/C22H24ClN5O2S/c23-18-7-4-8-19(15-18)26-11-13-27(14-12-26)20(29)16-31-22-25-24-21(30)28(22)10-9-17-5-2-1-3-6-17/h1-8,15H,9-14,16H2,(H,24,30). The molecule has 1 saturated heterocycles. The third-order valence-electron chi connectivity index (χ3n) is 5.32. The van der Waals surface area contributed by atoms with Gasteiger partial charge in [0.2, 0.25) is 5.91 Å². The van der Waals surface area contributed by atoms with Gasteiger partial charge in [-0.15, -0.1) is 5.10 Å². The number of nitrogens with zero attached hydrogens (tertiary/aromatic N) is 4. The summed E-state index contributed by atoms with van der Waals surface area (Å²) in [6.45, 7) is 3.37. The molecule has 0 unspecified atom stereocenters. The maximum Gasteiger partial charge on any atom is 0.343 e. The Balaban J connectivity index is 1.29. The van der Waals surface area contributed by atoms with Crippen LogP contribution in [0, 0.1) is 0 Å². The average Bonchev–Trinajstić information content (AvgIpc) is 3.16. The summed E-state index contributed by atoms with van der Waals surface area (Å²) in [5.41, 5.74) is 1.98. The first-order valence-corrected chi connectivity index (χ1v) is 11.6. The minimum Gasteiger partial charge on any atom is -0.368 e. The second-order valence-corrected chi connectivity index (χ2v) is 8.71. The highest BCUT2D eigenvalue weighted by molar-refractivity contribution is 7.99. The number of halogens is 1. The normalized spacial score (nSPS) is 14.1. The molecule has 0 atom stereocenters. The molecule has 2 heterocycles. The molecule has 31 heavy (non-hydrogen) atoms. The zero-order valence-electron chi connectivity index (χ0n) is 17.0. The molecule has 0 radical (unpaired) electrons. The van der Waals surface area contributed by atoms with Crippen LogP contribution in [0.4, 0.5) is 5.69 Å². The number of anilines is 1. The molecule has 1 fully saturated rings. The molecule has 1 aliphatic heterocycles. The largest absolute Gasteiger partial charge is 0.368 e. The zero-order chi connectivity index (χ0) is 21.6. The summed E-state index contributed by atoms with van der Waals surface area (Å²) in [5.74, 6) is 0.313. The number of hydrogen-bond acceptors (Lipinski definition) is 5. The van der Waals surface area contributed by atoms with Gasteiger partial charge in [-0.05, 0) is 30.2 Å². The van der Waals surface area contributed by atoms with E-state index in [0.717, 1.165) is 30.8 Å². The Hall–Kier alpha value is -2.71. The van der Waals surface area contributed by atoms with E-state index in [1.54, 1.807) is 4.57 Å². The number of piperazine rings is 1. The molecule has 1 amide bonds. The molecule has 162 valence electrons. The molecule has 1 aliphatic rings. The van der Waals surface area contributed by atoms with Gasteiger partial charge < -0.3 is 9.80 Å². The van der Waals surface area contributed by atoms with E-state index in [1.807, 2.05) is 59.5 Å². The highest BCUT2D eigenvalue weighted by atomic mass is 35.5. The molecule has 0 spiro atoms. The van der Waals surface area contributed by atoms with Crippen LogP contribution in [0.15, 0.2) is 64.5 Å². The van der Waals surface area contributed by atoms with Gasteiger partial charge in [-0.2, -0.15) is 0 Å². The van der Waals surface area contributed by atoms with E-state index in [-0.39, 0.29) is 17.3 Å². The van der Waals surface area contributed by atoms with Crippen molar-refractivity contribution in [2.24, 2.45) is 0 Å². The summed E-state index contributed by atoms with van der Waals surface area (Å²) in [7, 11) is 0. The third kappa shape index (κ3) is 5.51. The van der Waals surface area contributed by atoms with Crippen LogP contribution >= 0.6 is 23.4 Å². The summed E-state index contributed by atoms with van der Waals surface area (Å²) in [6.07, 6.45) is 0.729. The van der Waals surface area contributed by atoms with E-state index in [4.69, 9.17) is 11.6 Å². The lowest BCUT2D eigenvalue weighted by atomic mass is 10.1. The molecule has 0 aliphatic carbocycles. The van der Waals surface area contributed by atoms with Crippen LogP contribution in [0.3, 0.4) is 0 Å². The fourth-order valence-corrected chi connectivity index (χ4v) is 4.66. The minimum atomic E-state index is -0.249. The number of benzene rings is 2. The number of aromatic nitrogens is 3. The fourth-order valence-electron chi connectivity index (χ4n) is 3.60. The number of carbonyl (C=O) groups is 1. The second kappa shape index (κ2) is 10.1. The lowest BCUT2D eigenvalue weighted by Crippen LogP contribution is -2.49. The van der Waals surface area contributed by atoms with Crippen LogP contribution in [-0.2, 0) is 17.8 Å². The number of hydrogen-bond donors (Lipinski definition) is 1. The van der Waals surface area contributed by atoms with Crippen LogP contribution in [0.2, 0.25) is 5.02 Å². The fraction of sp³-hybridized carbons (Fsp3) is 0.318. The van der Waals surface area contributed by atoms with Crippen LogP contribution in [0.1, 0.15) is 5.56 Å². The van der Waals surface area contributed by atoms with Gasteiger partial charge in [-0.1, -0.05) is 59.8 Å². The molecule has 1 N–H and O–H groups in total. The van der Waals surface area contributed by atoms with E-state index < -0.39 is 0 Å². The van der Waals surface area contributed by atoms with Crippen molar-refractivity contribution >= 4 is 35.0 Å². The van der Waals surface area contributed by atoms with Crippen molar-refractivity contribution in [1.29, 1.82) is 0 Å². The molecular formula is C22H24ClN5O2S. The molecule has 2 aromatic carbocycles. The summed E-state index contributed by atoms with van der Waals surface area (Å²) in [5, 5.41) is 7.86. The smallest absolute Gasteiger partial charge is 0.343 e. The Labute approximate surface area is 190 Å². The molecular weight excluding hydrogens is 434 g/mol. The number of amides is 1. The lowest BCUT2D eigenvalue weighted by Gasteiger charge is -2.36. The van der Waals surface area contributed by atoms with Crippen molar-refractivity contribution in [3.8, 4) is 0 Å². The Kier molecular flexibility index (Phi) is 6.99. The van der Waals surface area contributed by atoms with Gasteiger partial charge in [0.15, 0.2) is 5.16 Å². The summed E-state index contributed by atoms with van der Waals surface area (Å²) in [4.78, 5) is 28.9. The average molecular weight is 458 g/mol. The molecule has 1 aromatic heterocycles. The van der Waals surface area contributed by atoms with E-state index >= 15 is 0 Å². The molecule has 0 saturated carbocycles. The Morgan fingerprint density at radius 3 is 2.58 bits per heavy atom. The highest BCUT2D eigenvalue weighted by Crippen LogP contribution is 2.21. The van der Waals surface area contributed by atoms with E-state index in [1.165, 1.54) is 11.8 Å². The number of aryl methyl sites for hydroxylation is 1. The van der Waals surface area contributed by atoms with Gasteiger partial charge in [0, 0.05) is 43.4 Å². The number of rotatable bonds is 7. The van der Waals surface area contributed by atoms with Gasteiger partial charge in [0.25, 0.3) is 0 Å². The Bertz CT molecular complexity index is 1080. The monoisotopic (exact) mass is 457 g/mol. The molecule has 0 bridgehead atoms. The van der Waals surface area contributed by atoms with Crippen molar-refractivity contribution in [1.82, 2.24) is 19.7 Å². The zero-order valence-corrected chi connectivity index (χ0v) is 18.6. The maximum atomic E-state index is 12.7. The van der Waals surface area contributed by atoms with Gasteiger partial charge in [-0.3, -0.25) is 9.36 Å². The number of carbonyl (C=O) groups excluding carboxylic acids is 1. The minimum absolute atomic E-state index is 0.0563. The van der Waals surface area contributed by atoms with Crippen molar-refractivity contribution in [3.05, 3.63) is 75.7 Å². The third-order valence-corrected chi connectivity index (χ3v) is 6.52. The van der Waals surface area contributed by atoms with E-state index in [2.05, 4.69) is 15.1 Å². The molecule has 7 nitrogen and oxygen atoms in total. The van der Waals surface area contributed by atoms with E-state index in [0.29, 0.717) is 29.8 Å². The van der Waals surface area contributed by atoms with Crippen LogP contribution in [-0.4, -0.2) is 57.5 Å². The quantitative estimate of drug-likeness (QED) is 0.552. The summed E-state index contributed by atoms with van der Waals surface area (Å²) >= 11 is 7.39. The topological polar surface area (TPSA) is 74.2 Å². The maximum absolute atomic E-state index is 12.7. The van der Waals surface area contributed by atoms with Gasteiger partial charge >= 0.3 is 5.69 Å². The van der Waals surface area contributed by atoms with Gasteiger partial charge in [0.1, 0.15) is 0 Å². The Morgan fingerprint density at radius 2 is 1.84 bits per heavy atom.